The van der Waals surface area contributed by atoms with Crippen LogP contribution in [0.1, 0.15) is 11.9 Å². The first-order chi connectivity index (χ1) is 7.93. The Morgan fingerprint density at radius 3 is 2.50 bits per heavy atom. The van der Waals surface area contributed by atoms with E-state index in [-0.39, 0.29) is 6.29 Å². The Morgan fingerprint density at radius 1 is 1.12 bits per heavy atom. The van der Waals surface area contributed by atoms with Crippen molar-refractivity contribution in [3.05, 3.63) is 35.2 Å². The predicted octanol–water partition coefficient (Wildman–Crippen LogP) is 2.25. The van der Waals surface area contributed by atoms with Gasteiger partial charge in [-0.1, -0.05) is 28.8 Å². The summed E-state index contributed by atoms with van der Waals surface area (Å²) in [6, 6.07) is 8.03. The first-order valence-electron chi connectivity index (χ1n) is 5.04. The molecule has 0 amide bonds. The molecule has 0 aliphatic carbocycles. The fraction of sp³-hybridized carbons (Fsp3) is 0.273. The second kappa shape index (κ2) is 4.29. The number of nitrogens with zero attached hydrogens (tertiary/aromatic N) is 2. The van der Waals surface area contributed by atoms with Crippen LogP contribution in [0.5, 0.6) is 0 Å². The first-order valence-corrected chi connectivity index (χ1v) is 5.88. The zero-order valence-corrected chi connectivity index (χ0v) is 9.31. The SMILES string of the molecule is c1cc(C2OCCO2)ccc1-c1csnn1. The Balaban J connectivity index is 1.84. The normalized spacial score (nSPS) is 16.8. The molecule has 16 heavy (non-hydrogen) atoms. The maximum atomic E-state index is 5.42. The summed E-state index contributed by atoms with van der Waals surface area (Å²) in [6.45, 7) is 1.34. The number of hydrogen-bond acceptors (Lipinski definition) is 5. The van der Waals surface area contributed by atoms with Crippen LogP contribution < -0.4 is 0 Å². The van der Waals surface area contributed by atoms with E-state index in [1.165, 1.54) is 11.5 Å². The fourth-order valence-corrected chi connectivity index (χ4v) is 2.12. The zero-order valence-electron chi connectivity index (χ0n) is 8.50. The van der Waals surface area contributed by atoms with Gasteiger partial charge in [0.15, 0.2) is 6.29 Å². The molecule has 0 unspecified atom stereocenters. The Kier molecular flexibility index (Phi) is 2.65. The van der Waals surface area contributed by atoms with Crippen LogP contribution >= 0.6 is 11.5 Å². The number of rotatable bonds is 2. The van der Waals surface area contributed by atoms with Crippen molar-refractivity contribution in [2.24, 2.45) is 0 Å². The van der Waals surface area contributed by atoms with Gasteiger partial charge >= 0.3 is 0 Å². The molecule has 0 atom stereocenters. The van der Waals surface area contributed by atoms with Crippen LogP contribution in [0.4, 0.5) is 0 Å². The highest BCUT2D eigenvalue weighted by atomic mass is 32.1. The molecule has 0 radical (unpaired) electrons. The smallest absolute Gasteiger partial charge is 0.184 e. The molecule has 5 heteroatoms. The molecule has 1 aromatic heterocycles. The topological polar surface area (TPSA) is 44.2 Å². The van der Waals surface area contributed by atoms with Crippen LogP contribution in [0, 0.1) is 0 Å². The minimum absolute atomic E-state index is 0.206. The van der Waals surface area contributed by atoms with Gasteiger partial charge in [-0.3, -0.25) is 0 Å². The van der Waals surface area contributed by atoms with E-state index in [0.29, 0.717) is 13.2 Å². The van der Waals surface area contributed by atoms with E-state index >= 15 is 0 Å². The number of aromatic nitrogens is 2. The van der Waals surface area contributed by atoms with Gasteiger partial charge < -0.3 is 9.47 Å². The third-order valence-electron chi connectivity index (χ3n) is 2.46. The Hall–Kier alpha value is -1.30. The summed E-state index contributed by atoms with van der Waals surface area (Å²) < 4.78 is 14.7. The van der Waals surface area contributed by atoms with Crippen LogP contribution in [-0.2, 0) is 9.47 Å². The maximum absolute atomic E-state index is 5.42. The van der Waals surface area contributed by atoms with Crippen molar-refractivity contribution < 1.29 is 9.47 Å². The Labute approximate surface area is 97.0 Å². The average molecular weight is 234 g/mol. The molecule has 1 fully saturated rings. The van der Waals surface area contributed by atoms with Gasteiger partial charge in [0.2, 0.25) is 0 Å². The van der Waals surface area contributed by atoms with Crippen molar-refractivity contribution in [1.29, 1.82) is 0 Å². The quantitative estimate of drug-likeness (QED) is 0.799. The summed E-state index contributed by atoms with van der Waals surface area (Å²) in [6.07, 6.45) is -0.206. The largest absolute Gasteiger partial charge is 0.346 e. The van der Waals surface area contributed by atoms with E-state index in [1.54, 1.807) is 0 Å². The maximum Gasteiger partial charge on any atom is 0.184 e. The van der Waals surface area contributed by atoms with E-state index in [2.05, 4.69) is 9.59 Å². The molecule has 1 saturated heterocycles. The van der Waals surface area contributed by atoms with E-state index in [9.17, 15) is 0 Å². The average Bonchev–Trinajstić information content (AvgIpc) is 3.03. The van der Waals surface area contributed by atoms with E-state index in [0.717, 1.165) is 16.8 Å². The van der Waals surface area contributed by atoms with Gasteiger partial charge in [-0.15, -0.1) is 5.10 Å². The molecule has 0 spiro atoms. The van der Waals surface area contributed by atoms with Gasteiger partial charge in [0, 0.05) is 16.5 Å². The van der Waals surface area contributed by atoms with Crippen molar-refractivity contribution in [2.75, 3.05) is 13.2 Å². The van der Waals surface area contributed by atoms with Gasteiger partial charge in [-0.05, 0) is 11.5 Å². The summed E-state index contributed by atoms with van der Waals surface area (Å²) in [4.78, 5) is 0. The molecule has 3 rings (SSSR count). The molecule has 1 aliphatic rings. The van der Waals surface area contributed by atoms with Gasteiger partial charge in [0.1, 0.15) is 5.69 Å². The van der Waals surface area contributed by atoms with Crippen LogP contribution in [0.25, 0.3) is 11.3 Å². The van der Waals surface area contributed by atoms with Gasteiger partial charge in [-0.25, -0.2) is 0 Å². The lowest BCUT2D eigenvalue weighted by atomic mass is 10.1. The van der Waals surface area contributed by atoms with Gasteiger partial charge in [-0.2, -0.15) is 0 Å². The molecular formula is C11H10N2O2S. The molecule has 0 saturated carbocycles. The third-order valence-corrected chi connectivity index (χ3v) is 2.97. The summed E-state index contributed by atoms with van der Waals surface area (Å²) in [5, 5.41) is 5.95. The minimum Gasteiger partial charge on any atom is -0.346 e. The molecular weight excluding hydrogens is 224 g/mol. The van der Waals surface area contributed by atoms with Crippen LogP contribution in [-0.4, -0.2) is 22.8 Å². The van der Waals surface area contributed by atoms with Crippen molar-refractivity contribution in [3.8, 4) is 11.3 Å². The first kappa shape index (κ1) is 9.89. The summed E-state index contributed by atoms with van der Waals surface area (Å²) >= 11 is 1.35. The van der Waals surface area contributed by atoms with Crippen molar-refractivity contribution in [1.82, 2.24) is 9.59 Å². The molecule has 1 aliphatic heterocycles. The molecule has 0 bridgehead atoms. The number of benzene rings is 1. The van der Waals surface area contributed by atoms with Crippen LogP contribution in [0.2, 0.25) is 0 Å². The molecule has 82 valence electrons. The summed E-state index contributed by atoms with van der Waals surface area (Å²) in [5.41, 5.74) is 3.02. The fourth-order valence-electron chi connectivity index (χ4n) is 1.65. The second-order valence-electron chi connectivity index (χ2n) is 3.49. The highest BCUT2D eigenvalue weighted by Crippen LogP contribution is 2.25. The summed E-state index contributed by atoms with van der Waals surface area (Å²) in [7, 11) is 0. The Morgan fingerprint density at radius 2 is 1.88 bits per heavy atom. The monoisotopic (exact) mass is 234 g/mol. The second-order valence-corrected chi connectivity index (χ2v) is 4.10. The predicted molar refractivity (Wildman–Crippen MR) is 60.0 cm³/mol. The lowest BCUT2D eigenvalue weighted by Crippen LogP contribution is -1.97. The zero-order chi connectivity index (χ0) is 10.8. The molecule has 0 N–H and O–H groups in total. The van der Waals surface area contributed by atoms with Crippen LogP contribution in [0.3, 0.4) is 0 Å². The standard InChI is InChI=1S/C11H10N2O2S/c1-3-9(11-14-5-6-15-11)4-2-8(1)10-7-16-13-12-10/h1-4,7,11H,5-6H2. The molecule has 2 aromatic rings. The molecule has 1 aromatic carbocycles. The van der Waals surface area contributed by atoms with Crippen molar-refractivity contribution in [2.45, 2.75) is 6.29 Å². The van der Waals surface area contributed by atoms with Gasteiger partial charge in [0.25, 0.3) is 0 Å². The molecule has 2 heterocycles. The summed E-state index contributed by atoms with van der Waals surface area (Å²) in [5.74, 6) is 0. The number of ether oxygens (including phenoxy) is 2. The third kappa shape index (κ3) is 1.84. The van der Waals surface area contributed by atoms with Crippen molar-refractivity contribution in [3.63, 3.8) is 0 Å². The lowest BCUT2D eigenvalue weighted by molar-refractivity contribution is -0.0441. The van der Waals surface area contributed by atoms with E-state index in [4.69, 9.17) is 9.47 Å². The van der Waals surface area contributed by atoms with Crippen LogP contribution in [0.15, 0.2) is 29.6 Å². The molecule has 4 nitrogen and oxygen atoms in total. The lowest BCUT2D eigenvalue weighted by Gasteiger charge is -2.09. The minimum atomic E-state index is -0.206. The number of hydrogen-bond donors (Lipinski definition) is 0. The van der Waals surface area contributed by atoms with E-state index < -0.39 is 0 Å². The van der Waals surface area contributed by atoms with Crippen molar-refractivity contribution >= 4 is 11.5 Å². The van der Waals surface area contributed by atoms with Gasteiger partial charge in [0.05, 0.1) is 13.2 Å². The highest BCUT2D eigenvalue weighted by Gasteiger charge is 2.17. The van der Waals surface area contributed by atoms with E-state index in [1.807, 2.05) is 29.6 Å². The highest BCUT2D eigenvalue weighted by molar-refractivity contribution is 7.03. The Bertz CT molecular complexity index is 449.